The number of terminal acetylenes is 1. The molecule has 0 atom stereocenters. The van der Waals surface area contributed by atoms with Crippen LogP contribution in [-0.4, -0.2) is 5.75 Å². The fourth-order valence-corrected chi connectivity index (χ4v) is 1.85. The minimum Gasteiger partial charge on any atom is -0.398 e. The van der Waals surface area contributed by atoms with Gasteiger partial charge in [0.05, 0.1) is 0 Å². The average molecular weight is 191 g/mol. The van der Waals surface area contributed by atoms with Crippen molar-refractivity contribution in [3.05, 3.63) is 23.8 Å². The van der Waals surface area contributed by atoms with E-state index in [2.05, 4.69) is 12.0 Å². The molecule has 1 rings (SSSR count). The Balaban J connectivity index is 2.62. The number of benzene rings is 1. The Bertz CT molecular complexity index is 325. The van der Waals surface area contributed by atoms with Gasteiger partial charge in [0.1, 0.15) is 0 Å². The quantitative estimate of drug-likeness (QED) is 0.344. The maximum Gasteiger partial charge on any atom is 0.0454 e. The van der Waals surface area contributed by atoms with Crippen LogP contribution >= 0.6 is 11.8 Å². The molecule has 1 nitrogen and oxygen atoms in total. The Kier molecular flexibility index (Phi) is 3.72. The van der Waals surface area contributed by atoms with Gasteiger partial charge < -0.3 is 5.73 Å². The number of thioether (sulfide) groups is 1. The van der Waals surface area contributed by atoms with Crippen molar-refractivity contribution in [2.75, 3.05) is 11.5 Å². The van der Waals surface area contributed by atoms with Gasteiger partial charge in [0.25, 0.3) is 0 Å². The maximum atomic E-state index is 5.83. The molecule has 0 amide bonds. The summed E-state index contributed by atoms with van der Waals surface area (Å²) in [5.41, 5.74) is 7.87. The van der Waals surface area contributed by atoms with Crippen molar-refractivity contribution in [3.63, 3.8) is 0 Å². The first-order chi connectivity index (χ1) is 6.24. The molecule has 1 aromatic rings. The first kappa shape index (κ1) is 10.0. The molecule has 0 aromatic heterocycles. The van der Waals surface area contributed by atoms with Crippen LogP contribution in [0.25, 0.3) is 0 Å². The van der Waals surface area contributed by atoms with Crippen molar-refractivity contribution < 1.29 is 0 Å². The standard InChI is InChI=1S/C11H13NS/c1-3-4-7-13-11-6-5-9(2)8-10(11)12/h1,5-6,8H,4,7,12H2,2H3. The van der Waals surface area contributed by atoms with Gasteiger partial charge >= 0.3 is 0 Å². The van der Waals surface area contributed by atoms with Crippen LogP contribution in [0.4, 0.5) is 5.69 Å². The lowest BCUT2D eigenvalue weighted by Crippen LogP contribution is -1.89. The van der Waals surface area contributed by atoms with Crippen molar-refractivity contribution in [1.29, 1.82) is 0 Å². The van der Waals surface area contributed by atoms with Gasteiger partial charge in [-0.1, -0.05) is 6.07 Å². The van der Waals surface area contributed by atoms with Crippen LogP contribution in [0.5, 0.6) is 0 Å². The highest BCUT2D eigenvalue weighted by molar-refractivity contribution is 7.99. The molecule has 68 valence electrons. The predicted molar refractivity (Wildman–Crippen MR) is 59.8 cm³/mol. The second kappa shape index (κ2) is 4.84. The smallest absolute Gasteiger partial charge is 0.0454 e. The van der Waals surface area contributed by atoms with Crippen molar-refractivity contribution in [2.45, 2.75) is 18.2 Å². The van der Waals surface area contributed by atoms with Gasteiger partial charge in [0.15, 0.2) is 0 Å². The predicted octanol–water partition coefficient (Wildman–Crippen LogP) is 2.69. The van der Waals surface area contributed by atoms with E-state index in [1.54, 1.807) is 11.8 Å². The van der Waals surface area contributed by atoms with Gasteiger partial charge in [-0.2, -0.15) is 0 Å². The Hall–Kier alpha value is -1.07. The summed E-state index contributed by atoms with van der Waals surface area (Å²) in [6.07, 6.45) is 5.95. The number of hydrogen-bond acceptors (Lipinski definition) is 2. The molecule has 0 radical (unpaired) electrons. The summed E-state index contributed by atoms with van der Waals surface area (Å²) >= 11 is 1.71. The molecule has 2 heteroatoms. The largest absolute Gasteiger partial charge is 0.398 e. The highest BCUT2D eigenvalue weighted by atomic mass is 32.2. The van der Waals surface area contributed by atoms with E-state index in [1.165, 1.54) is 5.56 Å². The van der Waals surface area contributed by atoms with E-state index in [9.17, 15) is 0 Å². The molecule has 0 aliphatic heterocycles. The van der Waals surface area contributed by atoms with E-state index in [1.807, 2.05) is 19.1 Å². The molecule has 0 fully saturated rings. The molecule has 1 aromatic carbocycles. The van der Waals surface area contributed by atoms with E-state index in [4.69, 9.17) is 12.2 Å². The lowest BCUT2D eigenvalue weighted by Gasteiger charge is -2.04. The van der Waals surface area contributed by atoms with E-state index in [0.29, 0.717) is 0 Å². The van der Waals surface area contributed by atoms with Crippen LogP contribution in [0.15, 0.2) is 23.1 Å². The normalized spacial score (nSPS) is 9.54. The van der Waals surface area contributed by atoms with Gasteiger partial charge in [-0.3, -0.25) is 0 Å². The summed E-state index contributed by atoms with van der Waals surface area (Å²) in [5, 5.41) is 0. The SMILES string of the molecule is C#CCCSc1ccc(C)cc1N. The molecule has 0 heterocycles. The van der Waals surface area contributed by atoms with Crippen molar-refractivity contribution >= 4 is 17.4 Å². The molecule has 13 heavy (non-hydrogen) atoms. The van der Waals surface area contributed by atoms with Gasteiger partial charge in [-0.05, 0) is 24.6 Å². The highest BCUT2D eigenvalue weighted by Gasteiger charge is 1.98. The van der Waals surface area contributed by atoms with Gasteiger partial charge in [-0.15, -0.1) is 24.1 Å². The summed E-state index contributed by atoms with van der Waals surface area (Å²) < 4.78 is 0. The van der Waals surface area contributed by atoms with E-state index < -0.39 is 0 Å². The van der Waals surface area contributed by atoms with Crippen molar-refractivity contribution in [2.24, 2.45) is 0 Å². The zero-order chi connectivity index (χ0) is 9.68. The number of rotatable bonds is 3. The van der Waals surface area contributed by atoms with Crippen LogP contribution in [0, 0.1) is 19.3 Å². The lowest BCUT2D eigenvalue weighted by atomic mass is 10.2. The molecular formula is C11H13NS. The van der Waals surface area contributed by atoms with E-state index >= 15 is 0 Å². The van der Waals surface area contributed by atoms with Crippen LogP contribution in [0.1, 0.15) is 12.0 Å². The molecule has 0 aliphatic carbocycles. The molecule has 0 bridgehead atoms. The van der Waals surface area contributed by atoms with E-state index in [-0.39, 0.29) is 0 Å². The molecule has 2 N–H and O–H groups in total. The molecule has 0 saturated heterocycles. The minimum atomic E-state index is 0.790. The lowest BCUT2D eigenvalue weighted by molar-refractivity contribution is 1.29. The summed E-state index contributed by atoms with van der Waals surface area (Å²) in [4.78, 5) is 1.13. The first-order valence-electron chi connectivity index (χ1n) is 4.16. The minimum absolute atomic E-state index is 0.790. The summed E-state index contributed by atoms with van der Waals surface area (Å²) in [5.74, 6) is 3.54. The third kappa shape index (κ3) is 3.04. The first-order valence-corrected chi connectivity index (χ1v) is 5.15. The molecular weight excluding hydrogens is 178 g/mol. The summed E-state index contributed by atoms with van der Waals surface area (Å²) in [6, 6.07) is 6.10. The van der Waals surface area contributed by atoms with Crippen molar-refractivity contribution in [3.8, 4) is 12.3 Å². The average Bonchev–Trinajstić information content (AvgIpc) is 2.09. The monoisotopic (exact) mass is 191 g/mol. The third-order valence-corrected chi connectivity index (χ3v) is 2.76. The van der Waals surface area contributed by atoms with Crippen LogP contribution in [-0.2, 0) is 0 Å². The Labute approximate surface area is 83.7 Å². The highest BCUT2D eigenvalue weighted by Crippen LogP contribution is 2.25. The molecule has 0 spiro atoms. The zero-order valence-corrected chi connectivity index (χ0v) is 8.53. The maximum absolute atomic E-state index is 5.83. The van der Waals surface area contributed by atoms with Crippen molar-refractivity contribution in [1.82, 2.24) is 0 Å². The topological polar surface area (TPSA) is 26.0 Å². The van der Waals surface area contributed by atoms with Gasteiger partial charge in [0.2, 0.25) is 0 Å². The second-order valence-corrected chi connectivity index (χ2v) is 3.98. The third-order valence-electron chi connectivity index (χ3n) is 1.67. The van der Waals surface area contributed by atoms with Crippen LogP contribution in [0.2, 0.25) is 0 Å². The number of anilines is 1. The molecule has 0 aliphatic rings. The molecule has 0 unspecified atom stereocenters. The number of hydrogen-bond donors (Lipinski definition) is 1. The van der Waals surface area contributed by atoms with Gasteiger partial charge in [0, 0.05) is 22.8 Å². The van der Waals surface area contributed by atoms with Crippen LogP contribution < -0.4 is 5.73 Å². The Morgan fingerprint density at radius 1 is 1.54 bits per heavy atom. The number of nitrogen functional groups attached to an aromatic ring is 1. The summed E-state index contributed by atoms with van der Waals surface area (Å²) in [6.45, 7) is 2.03. The molecule has 0 saturated carbocycles. The fourth-order valence-electron chi connectivity index (χ4n) is 1.02. The fraction of sp³-hybridized carbons (Fsp3) is 0.273. The zero-order valence-electron chi connectivity index (χ0n) is 7.71. The van der Waals surface area contributed by atoms with E-state index in [0.717, 1.165) is 22.8 Å². The number of aryl methyl sites for hydroxylation is 1. The number of nitrogens with two attached hydrogens (primary N) is 1. The Morgan fingerprint density at radius 3 is 2.92 bits per heavy atom. The van der Waals surface area contributed by atoms with Crippen LogP contribution in [0.3, 0.4) is 0 Å². The Morgan fingerprint density at radius 2 is 2.31 bits per heavy atom. The van der Waals surface area contributed by atoms with Gasteiger partial charge in [-0.25, -0.2) is 0 Å². The second-order valence-electron chi connectivity index (χ2n) is 2.84. The summed E-state index contributed by atoms with van der Waals surface area (Å²) in [7, 11) is 0.